The van der Waals surface area contributed by atoms with Crippen LogP contribution in [0.2, 0.25) is 0 Å². The average molecular weight is 513 g/mol. The lowest BCUT2D eigenvalue weighted by Crippen LogP contribution is -2.38. The van der Waals surface area contributed by atoms with Crippen LogP contribution in [0, 0.1) is 0 Å². The van der Waals surface area contributed by atoms with E-state index < -0.39 is 5.97 Å². The Kier molecular flexibility index (Phi) is 7.94. The Morgan fingerprint density at radius 3 is 2.69 bits per heavy atom. The van der Waals surface area contributed by atoms with E-state index in [-0.39, 0.29) is 38.0 Å². The molecule has 1 amide bonds. The molecule has 0 saturated heterocycles. The number of fused-ring (bicyclic) bond motifs is 1. The number of aromatic nitrogens is 1. The molecular formula is C25H24N2O6S2. The highest BCUT2D eigenvalue weighted by Crippen LogP contribution is 2.32. The standard InChI is InChI=1S/C25H24N2O6S2/c1-3-31-24(29)12-23-27(25(30)21(35-23)11-16-4-7-18(34-2)8-5-16)14-22(28)26-13-17-6-9-19-20(10-17)33-15-32-19/h4-12H,3,13-15H2,1-2H3,(H,26,28)/b21-11+,23-12-. The summed E-state index contributed by atoms with van der Waals surface area (Å²) in [5.41, 5.74) is 1.34. The third-order valence-corrected chi connectivity index (χ3v) is 6.91. The Labute approximate surface area is 209 Å². The summed E-state index contributed by atoms with van der Waals surface area (Å²) in [5, 5.41) is 2.81. The first-order valence-electron chi connectivity index (χ1n) is 10.9. The topological polar surface area (TPSA) is 95.9 Å². The third kappa shape index (κ3) is 6.14. The van der Waals surface area contributed by atoms with Crippen molar-refractivity contribution in [1.29, 1.82) is 0 Å². The van der Waals surface area contributed by atoms with Crippen LogP contribution in [0.15, 0.2) is 52.2 Å². The maximum atomic E-state index is 13.1. The van der Waals surface area contributed by atoms with E-state index >= 15 is 0 Å². The molecule has 0 spiro atoms. The van der Waals surface area contributed by atoms with Crippen molar-refractivity contribution >= 4 is 47.1 Å². The summed E-state index contributed by atoms with van der Waals surface area (Å²) in [6.45, 7) is 2.11. The van der Waals surface area contributed by atoms with Crippen LogP contribution in [0.1, 0.15) is 18.1 Å². The summed E-state index contributed by atoms with van der Waals surface area (Å²) in [4.78, 5) is 39.1. The first-order chi connectivity index (χ1) is 17.0. The van der Waals surface area contributed by atoms with Gasteiger partial charge >= 0.3 is 5.97 Å². The smallest absolute Gasteiger partial charge is 0.333 e. The first-order valence-corrected chi connectivity index (χ1v) is 12.9. The maximum absolute atomic E-state index is 13.1. The fraction of sp³-hybridized carbons (Fsp3) is 0.240. The van der Waals surface area contributed by atoms with Crippen LogP contribution in [0.4, 0.5) is 0 Å². The molecule has 182 valence electrons. The molecule has 0 bridgehead atoms. The van der Waals surface area contributed by atoms with Crippen molar-refractivity contribution in [2.45, 2.75) is 24.9 Å². The number of carbonyl (C=O) groups excluding carboxylic acids is 2. The van der Waals surface area contributed by atoms with E-state index in [1.165, 1.54) is 10.6 Å². The molecular weight excluding hydrogens is 488 g/mol. The van der Waals surface area contributed by atoms with E-state index in [4.69, 9.17) is 14.2 Å². The SMILES string of the molecule is CCOC(=O)/C=c1\s/c(=C/c2ccc(SC)cc2)c(=O)n1CC(=O)NCc1ccc2c(c1)OCO2. The molecule has 4 rings (SSSR count). The van der Waals surface area contributed by atoms with Crippen LogP contribution >= 0.6 is 23.1 Å². The summed E-state index contributed by atoms with van der Waals surface area (Å²) in [7, 11) is 0. The van der Waals surface area contributed by atoms with Gasteiger partial charge in [0.2, 0.25) is 12.7 Å². The number of nitrogens with zero attached hydrogens (tertiary/aromatic N) is 1. The number of nitrogens with one attached hydrogen (secondary N) is 1. The van der Waals surface area contributed by atoms with Gasteiger partial charge in [0.15, 0.2) is 11.5 Å². The number of rotatable bonds is 8. The molecule has 0 atom stereocenters. The Hall–Kier alpha value is -3.50. The summed E-state index contributed by atoms with van der Waals surface area (Å²) in [6, 6.07) is 13.2. The van der Waals surface area contributed by atoms with Gasteiger partial charge < -0.3 is 19.5 Å². The van der Waals surface area contributed by atoms with Gasteiger partial charge in [-0.3, -0.25) is 14.2 Å². The highest BCUT2D eigenvalue weighted by molar-refractivity contribution is 7.98. The van der Waals surface area contributed by atoms with Crippen LogP contribution in [0.3, 0.4) is 0 Å². The number of benzene rings is 2. The van der Waals surface area contributed by atoms with Gasteiger partial charge in [0, 0.05) is 11.4 Å². The van der Waals surface area contributed by atoms with Gasteiger partial charge in [-0.05, 0) is 54.6 Å². The molecule has 10 heteroatoms. The Morgan fingerprint density at radius 1 is 1.17 bits per heavy atom. The second-order valence-corrected chi connectivity index (χ2v) is 9.42. The zero-order valence-corrected chi connectivity index (χ0v) is 20.9. The van der Waals surface area contributed by atoms with Crippen LogP contribution in [-0.4, -0.2) is 36.1 Å². The summed E-state index contributed by atoms with van der Waals surface area (Å²) in [6.07, 6.45) is 4.99. The molecule has 3 aromatic rings. The predicted molar refractivity (Wildman–Crippen MR) is 135 cm³/mol. The monoisotopic (exact) mass is 512 g/mol. The fourth-order valence-corrected chi connectivity index (χ4v) is 4.82. The molecule has 0 radical (unpaired) electrons. The first kappa shape index (κ1) is 24.6. The molecule has 8 nitrogen and oxygen atoms in total. The van der Waals surface area contributed by atoms with E-state index in [1.54, 1.807) is 36.9 Å². The summed E-state index contributed by atoms with van der Waals surface area (Å²) < 4.78 is 17.7. The number of esters is 1. The predicted octanol–water partition coefficient (Wildman–Crippen LogP) is 1.85. The zero-order chi connectivity index (χ0) is 24.8. The van der Waals surface area contributed by atoms with Crippen LogP contribution in [0.25, 0.3) is 12.2 Å². The van der Waals surface area contributed by atoms with E-state index in [1.807, 2.05) is 36.6 Å². The number of amides is 1. The molecule has 2 aromatic carbocycles. The van der Waals surface area contributed by atoms with Crippen molar-refractivity contribution in [3.05, 3.63) is 73.1 Å². The van der Waals surface area contributed by atoms with Gasteiger partial charge in [0.25, 0.3) is 5.56 Å². The second kappa shape index (κ2) is 11.3. The van der Waals surface area contributed by atoms with Crippen molar-refractivity contribution in [1.82, 2.24) is 9.88 Å². The van der Waals surface area contributed by atoms with Crippen molar-refractivity contribution in [2.24, 2.45) is 0 Å². The van der Waals surface area contributed by atoms with Crippen molar-refractivity contribution in [2.75, 3.05) is 19.7 Å². The molecule has 1 aliphatic heterocycles. The molecule has 0 saturated carbocycles. The minimum atomic E-state index is -0.570. The fourth-order valence-electron chi connectivity index (χ4n) is 3.38. The minimum Gasteiger partial charge on any atom is -0.463 e. The molecule has 1 aliphatic rings. The molecule has 2 heterocycles. The molecule has 35 heavy (non-hydrogen) atoms. The Morgan fingerprint density at radius 2 is 1.94 bits per heavy atom. The van der Waals surface area contributed by atoms with E-state index in [2.05, 4.69) is 5.32 Å². The number of carbonyl (C=O) groups is 2. The Bertz CT molecular complexity index is 1410. The third-order valence-electron chi connectivity index (χ3n) is 5.11. The van der Waals surface area contributed by atoms with Crippen LogP contribution in [-0.2, 0) is 27.4 Å². The number of hydrogen-bond acceptors (Lipinski definition) is 8. The van der Waals surface area contributed by atoms with Crippen molar-refractivity contribution in [3.8, 4) is 11.5 Å². The normalized spacial score (nSPS) is 13.2. The average Bonchev–Trinajstić information content (AvgIpc) is 3.43. The number of thiazole rings is 1. The lowest BCUT2D eigenvalue weighted by atomic mass is 10.2. The maximum Gasteiger partial charge on any atom is 0.333 e. The number of ether oxygens (including phenoxy) is 3. The van der Waals surface area contributed by atoms with Gasteiger partial charge in [0.1, 0.15) is 11.2 Å². The van der Waals surface area contributed by atoms with Gasteiger partial charge in [-0.15, -0.1) is 23.1 Å². The highest BCUT2D eigenvalue weighted by Gasteiger charge is 2.14. The Balaban J connectivity index is 1.58. The van der Waals surface area contributed by atoms with Crippen LogP contribution in [0.5, 0.6) is 11.5 Å². The second-order valence-electron chi connectivity index (χ2n) is 7.47. The molecule has 0 unspecified atom stereocenters. The largest absolute Gasteiger partial charge is 0.463 e. The molecule has 0 aliphatic carbocycles. The number of hydrogen-bond donors (Lipinski definition) is 1. The van der Waals surface area contributed by atoms with Gasteiger partial charge in [0.05, 0.1) is 17.2 Å². The summed E-state index contributed by atoms with van der Waals surface area (Å²) >= 11 is 2.77. The van der Waals surface area contributed by atoms with E-state index in [9.17, 15) is 14.4 Å². The van der Waals surface area contributed by atoms with E-state index in [0.29, 0.717) is 20.7 Å². The molecule has 1 N–H and O–H groups in total. The van der Waals surface area contributed by atoms with Gasteiger partial charge in [-0.2, -0.15) is 0 Å². The minimum absolute atomic E-state index is 0.174. The van der Waals surface area contributed by atoms with Crippen molar-refractivity contribution in [3.63, 3.8) is 0 Å². The highest BCUT2D eigenvalue weighted by atomic mass is 32.2. The molecule has 0 fully saturated rings. The van der Waals surface area contributed by atoms with Crippen molar-refractivity contribution < 1.29 is 23.8 Å². The van der Waals surface area contributed by atoms with Gasteiger partial charge in [-0.1, -0.05) is 18.2 Å². The van der Waals surface area contributed by atoms with Gasteiger partial charge in [-0.25, -0.2) is 4.79 Å². The zero-order valence-electron chi connectivity index (χ0n) is 19.2. The molecule has 1 aromatic heterocycles. The summed E-state index contributed by atoms with van der Waals surface area (Å²) in [5.74, 6) is 0.356. The lowest BCUT2D eigenvalue weighted by molar-refractivity contribution is -0.135. The van der Waals surface area contributed by atoms with Crippen LogP contribution < -0.4 is 29.5 Å². The lowest BCUT2D eigenvalue weighted by Gasteiger charge is -2.07. The number of thioether (sulfide) groups is 1. The quantitative estimate of drug-likeness (QED) is 0.364. The van der Waals surface area contributed by atoms with E-state index in [0.717, 1.165) is 27.4 Å².